The molecule has 0 aliphatic heterocycles. The Hall–Kier alpha value is -1.92. The van der Waals surface area contributed by atoms with E-state index in [2.05, 4.69) is 16.1 Å². The van der Waals surface area contributed by atoms with Gasteiger partial charge in [0.15, 0.2) is 5.92 Å². The third kappa shape index (κ3) is 4.99. The maximum absolute atomic E-state index is 11.8. The molecule has 7 heteroatoms. The number of carbonyl (C=O) groups is 2. The van der Waals surface area contributed by atoms with E-state index in [1.165, 1.54) is 0 Å². The van der Waals surface area contributed by atoms with E-state index >= 15 is 0 Å². The Morgan fingerprint density at radius 1 is 1.20 bits per heavy atom. The van der Waals surface area contributed by atoms with Crippen molar-refractivity contribution >= 4 is 11.9 Å². The predicted molar refractivity (Wildman–Crippen MR) is 71.5 cm³/mol. The zero-order valence-electron chi connectivity index (χ0n) is 12.3. The van der Waals surface area contributed by atoms with Crippen LogP contribution >= 0.6 is 0 Å². The Labute approximate surface area is 118 Å². The second-order valence-corrected chi connectivity index (χ2v) is 4.84. The van der Waals surface area contributed by atoms with Crippen molar-refractivity contribution < 1.29 is 24.0 Å². The minimum atomic E-state index is -1.33. The van der Waals surface area contributed by atoms with Crippen LogP contribution in [0.2, 0.25) is 0 Å². The van der Waals surface area contributed by atoms with Crippen LogP contribution in [-0.4, -0.2) is 37.1 Å². The van der Waals surface area contributed by atoms with Crippen molar-refractivity contribution in [2.24, 2.45) is 11.8 Å². The molecule has 7 nitrogen and oxygen atoms in total. The maximum Gasteiger partial charge on any atom is 0.334 e. The van der Waals surface area contributed by atoms with Gasteiger partial charge in [-0.1, -0.05) is 20.4 Å². The molecule has 0 bridgehead atoms. The number of nitrogens with zero attached hydrogens (tertiary/aromatic N) is 1. The van der Waals surface area contributed by atoms with Crippen LogP contribution in [0, 0.1) is 22.0 Å². The number of hydrogen-bond donors (Lipinski definition) is 0. The molecule has 2 unspecified atom stereocenters. The van der Waals surface area contributed by atoms with Gasteiger partial charge >= 0.3 is 11.9 Å². The lowest BCUT2D eigenvalue weighted by atomic mass is 9.88. The molecule has 0 aromatic carbocycles. The highest BCUT2D eigenvalue weighted by molar-refractivity contribution is 5.95. The fourth-order valence-electron chi connectivity index (χ4n) is 1.81. The first-order valence-corrected chi connectivity index (χ1v) is 6.24. The molecular formula is C13H21NO6. The van der Waals surface area contributed by atoms with Crippen LogP contribution in [0.1, 0.15) is 26.7 Å². The van der Waals surface area contributed by atoms with Crippen molar-refractivity contribution in [1.29, 1.82) is 0 Å². The van der Waals surface area contributed by atoms with Crippen molar-refractivity contribution in [3.63, 3.8) is 0 Å². The molecule has 0 aromatic heterocycles. The fourth-order valence-corrected chi connectivity index (χ4v) is 1.81. The summed E-state index contributed by atoms with van der Waals surface area (Å²) in [4.78, 5) is 33.9. The quantitative estimate of drug-likeness (QED) is 0.291. The summed E-state index contributed by atoms with van der Waals surface area (Å²) in [6.07, 6.45) is 0.702. The zero-order chi connectivity index (χ0) is 15.9. The fraction of sp³-hybridized carbons (Fsp3) is 0.692. The second-order valence-electron chi connectivity index (χ2n) is 4.84. The van der Waals surface area contributed by atoms with E-state index in [9.17, 15) is 19.7 Å². The van der Waals surface area contributed by atoms with Crippen LogP contribution in [0.5, 0.6) is 0 Å². The number of esters is 2. The highest BCUT2D eigenvalue weighted by Crippen LogP contribution is 2.24. The molecule has 0 spiro atoms. The monoisotopic (exact) mass is 287 g/mol. The molecule has 0 fully saturated rings. The Balaban J connectivity index is 5.32. The largest absolute Gasteiger partial charge is 0.468 e. The first kappa shape index (κ1) is 18.1. The molecule has 0 heterocycles. The Morgan fingerprint density at radius 3 is 2.10 bits per heavy atom. The smallest absolute Gasteiger partial charge is 0.334 e. The molecule has 0 radical (unpaired) electrons. The second kappa shape index (κ2) is 8.29. The van der Waals surface area contributed by atoms with E-state index < -0.39 is 28.8 Å². The average molecular weight is 287 g/mol. The van der Waals surface area contributed by atoms with Crippen molar-refractivity contribution in [2.45, 2.75) is 32.7 Å². The van der Waals surface area contributed by atoms with Crippen molar-refractivity contribution in [3.05, 3.63) is 22.3 Å². The summed E-state index contributed by atoms with van der Waals surface area (Å²) in [5.41, 5.74) is -0.259. The lowest BCUT2D eigenvalue weighted by Crippen LogP contribution is -2.38. The van der Waals surface area contributed by atoms with Crippen molar-refractivity contribution in [1.82, 2.24) is 0 Å². The van der Waals surface area contributed by atoms with E-state index in [4.69, 9.17) is 0 Å². The molecule has 0 aromatic rings. The van der Waals surface area contributed by atoms with Crippen LogP contribution in [0.3, 0.4) is 0 Å². The Morgan fingerprint density at radius 2 is 1.75 bits per heavy atom. The first-order valence-electron chi connectivity index (χ1n) is 6.24. The lowest BCUT2D eigenvalue weighted by molar-refractivity contribution is -0.529. The average Bonchev–Trinajstić information content (AvgIpc) is 2.40. The van der Waals surface area contributed by atoms with Crippen LogP contribution in [0.25, 0.3) is 0 Å². The SMILES string of the molecule is C=C(C(=O)OC)C(C(=O)OC)C(CCC(C)C)[N+](=O)[O-]. The summed E-state index contributed by atoms with van der Waals surface area (Å²) < 4.78 is 9.03. The number of rotatable bonds is 8. The molecule has 0 N–H and O–H groups in total. The Bertz CT molecular complexity index is 390. The number of hydrogen-bond acceptors (Lipinski definition) is 6. The highest BCUT2D eigenvalue weighted by atomic mass is 16.6. The van der Waals surface area contributed by atoms with Gasteiger partial charge in [-0.15, -0.1) is 0 Å². The van der Waals surface area contributed by atoms with E-state index in [0.717, 1.165) is 14.2 Å². The highest BCUT2D eigenvalue weighted by Gasteiger charge is 2.42. The van der Waals surface area contributed by atoms with Crippen LogP contribution in [0.15, 0.2) is 12.2 Å². The summed E-state index contributed by atoms with van der Waals surface area (Å²) in [7, 11) is 2.23. The van der Waals surface area contributed by atoms with Gasteiger partial charge in [0.25, 0.3) is 0 Å². The van der Waals surface area contributed by atoms with Crippen LogP contribution in [0.4, 0.5) is 0 Å². The van der Waals surface area contributed by atoms with Gasteiger partial charge in [-0.2, -0.15) is 0 Å². The van der Waals surface area contributed by atoms with E-state index in [-0.39, 0.29) is 17.9 Å². The maximum atomic E-state index is 11.8. The molecular weight excluding hydrogens is 266 g/mol. The predicted octanol–water partition coefficient (Wildman–Crippen LogP) is 1.59. The van der Waals surface area contributed by atoms with Gasteiger partial charge in [0.05, 0.1) is 19.8 Å². The molecule has 114 valence electrons. The summed E-state index contributed by atoms with van der Waals surface area (Å²) in [5.74, 6) is -2.80. The zero-order valence-corrected chi connectivity index (χ0v) is 12.3. The molecule has 0 aliphatic rings. The molecule has 20 heavy (non-hydrogen) atoms. The van der Waals surface area contributed by atoms with Gasteiger partial charge in [0.2, 0.25) is 6.04 Å². The van der Waals surface area contributed by atoms with E-state index in [0.29, 0.717) is 6.42 Å². The molecule has 0 saturated carbocycles. The molecule has 0 aliphatic carbocycles. The number of nitro groups is 1. The summed E-state index contributed by atoms with van der Waals surface area (Å²) >= 11 is 0. The van der Waals surface area contributed by atoms with Gasteiger partial charge in [0.1, 0.15) is 0 Å². The van der Waals surface area contributed by atoms with Crippen molar-refractivity contribution in [3.8, 4) is 0 Å². The molecule has 0 saturated heterocycles. The van der Waals surface area contributed by atoms with Gasteiger partial charge in [0, 0.05) is 11.3 Å². The van der Waals surface area contributed by atoms with E-state index in [1.807, 2.05) is 13.8 Å². The summed E-state index contributed by atoms with van der Waals surface area (Å²) in [6, 6.07) is -1.25. The van der Waals surface area contributed by atoms with Crippen LogP contribution in [-0.2, 0) is 19.1 Å². The number of carbonyl (C=O) groups excluding carboxylic acids is 2. The number of ether oxygens (including phenoxy) is 2. The standard InChI is InChI=1S/C13H21NO6/c1-8(2)6-7-10(14(17)18)11(13(16)20-5)9(3)12(15)19-4/h8,10-11H,3,6-7H2,1-2,4-5H3. The van der Waals surface area contributed by atoms with Gasteiger partial charge in [-0.05, 0) is 12.3 Å². The topological polar surface area (TPSA) is 95.7 Å². The summed E-state index contributed by atoms with van der Waals surface area (Å²) in [6.45, 7) is 7.28. The Kier molecular flexibility index (Phi) is 7.49. The molecule has 2 atom stereocenters. The molecule has 0 amide bonds. The summed E-state index contributed by atoms with van der Waals surface area (Å²) in [5, 5.41) is 11.2. The minimum absolute atomic E-state index is 0.153. The van der Waals surface area contributed by atoms with Crippen LogP contribution < -0.4 is 0 Å². The third-order valence-corrected chi connectivity index (χ3v) is 2.97. The van der Waals surface area contributed by atoms with Crippen molar-refractivity contribution in [2.75, 3.05) is 14.2 Å². The van der Waals surface area contributed by atoms with Gasteiger partial charge in [-0.25, -0.2) is 4.79 Å². The molecule has 0 rings (SSSR count). The van der Waals surface area contributed by atoms with Gasteiger partial charge in [-0.3, -0.25) is 14.9 Å². The third-order valence-electron chi connectivity index (χ3n) is 2.97. The first-order chi connectivity index (χ1) is 9.26. The normalized spacial score (nSPS) is 13.4. The lowest BCUT2D eigenvalue weighted by Gasteiger charge is -2.20. The number of methoxy groups -OCH3 is 2. The van der Waals surface area contributed by atoms with Gasteiger partial charge < -0.3 is 9.47 Å². The van der Waals surface area contributed by atoms with E-state index in [1.54, 1.807) is 0 Å². The minimum Gasteiger partial charge on any atom is -0.468 e.